The zero-order valence-corrected chi connectivity index (χ0v) is 9.48. The highest BCUT2D eigenvalue weighted by atomic mass is 16.5. The molecule has 0 aliphatic carbocycles. The maximum absolute atomic E-state index is 11.8. The first kappa shape index (κ1) is 11.6. The summed E-state index contributed by atoms with van der Waals surface area (Å²) < 4.78 is 5.42. The summed E-state index contributed by atoms with van der Waals surface area (Å²) in [5.74, 6) is -0.120. The number of nitrogens with zero attached hydrogens (tertiary/aromatic N) is 1. The Hall–Kier alpha value is -1.86. The summed E-state index contributed by atoms with van der Waals surface area (Å²) in [6, 6.07) is 8.61. The average molecular weight is 230 g/mol. The molecule has 4 heteroatoms. The average Bonchev–Trinajstić information content (AvgIpc) is 2.89. The molecular formula is C13H14N2O2. The lowest BCUT2D eigenvalue weighted by Gasteiger charge is -2.10. The Morgan fingerprint density at radius 3 is 2.82 bits per heavy atom. The minimum absolute atomic E-state index is 0.120. The number of rotatable bonds is 3. The molecule has 1 fully saturated rings. The van der Waals surface area contributed by atoms with Gasteiger partial charge in [0.1, 0.15) is 0 Å². The molecule has 0 radical (unpaired) electrons. The lowest BCUT2D eigenvalue weighted by atomic mass is 10.1. The summed E-state index contributed by atoms with van der Waals surface area (Å²) >= 11 is 0. The maximum Gasteiger partial charge on any atom is 0.251 e. The fourth-order valence-electron chi connectivity index (χ4n) is 1.81. The first-order valence-electron chi connectivity index (χ1n) is 5.69. The molecule has 1 N–H and O–H groups in total. The topological polar surface area (TPSA) is 62.1 Å². The van der Waals surface area contributed by atoms with Crippen LogP contribution in [0.5, 0.6) is 0 Å². The van der Waals surface area contributed by atoms with E-state index in [1.54, 1.807) is 24.3 Å². The quantitative estimate of drug-likeness (QED) is 0.855. The van der Waals surface area contributed by atoms with E-state index in [2.05, 4.69) is 5.32 Å². The first-order chi connectivity index (χ1) is 8.29. The van der Waals surface area contributed by atoms with E-state index in [4.69, 9.17) is 10.00 Å². The van der Waals surface area contributed by atoms with Crippen LogP contribution in [0.4, 0.5) is 0 Å². The van der Waals surface area contributed by atoms with Crippen molar-refractivity contribution in [2.45, 2.75) is 18.9 Å². The highest BCUT2D eigenvalue weighted by Crippen LogP contribution is 2.11. The third-order valence-corrected chi connectivity index (χ3v) is 2.79. The molecule has 0 unspecified atom stereocenters. The van der Waals surface area contributed by atoms with Crippen molar-refractivity contribution in [3.8, 4) is 6.07 Å². The summed E-state index contributed by atoms with van der Waals surface area (Å²) in [5, 5.41) is 11.5. The van der Waals surface area contributed by atoms with Crippen LogP contribution in [0.2, 0.25) is 0 Å². The largest absolute Gasteiger partial charge is 0.376 e. The Kier molecular flexibility index (Phi) is 3.73. The van der Waals surface area contributed by atoms with E-state index in [-0.39, 0.29) is 12.0 Å². The second-order valence-corrected chi connectivity index (χ2v) is 4.03. The summed E-state index contributed by atoms with van der Waals surface area (Å²) in [7, 11) is 0. The van der Waals surface area contributed by atoms with Crippen molar-refractivity contribution in [1.29, 1.82) is 5.26 Å². The lowest BCUT2D eigenvalue weighted by Crippen LogP contribution is -2.31. The van der Waals surface area contributed by atoms with Crippen LogP contribution in [-0.4, -0.2) is 25.2 Å². The molecule has 1 aromatic rings. The smallest absolute Gasteiger partial charge is 0.251 e. The van der Waals surface area contributed by atoms with Crippen molar-refractivity contribution in [3.63, 3.8) is 0 Å². The number of nitriles is 1. The van der Waals surface area contributed by atoms with Gasteiger partial charge in [-0.25, -0.2) is 0 Å². The SMILES string of the molecule is N#Cc1ccc(C(=O)NC[C@H]2CCCO2)cc1. The van der Waals surface area contributed by atoms with Gasteiger partial charge >= 0.3 is 0 Å². The molecule has 1 heterocycles. The summed E-state index contributed by atoms with van der Waals surface area (Å²) in [6.07, 6.45) is 2.22. The van der Waals surface area contributed by atoms with E-state index >= 15 is 0 Å². The van der Waals surface area contributed by atoms with Gasteiger partial charge in [-0.15, -0.1) is 0 Å². The molecule has 17 heavy (non-hydrogen) atoms. The Labute approximate surface area is 100 Å². The molecule has 1 amide bonds. The van der Waals surface area contributed by atoms with Crippen molar-refractivity contribution in [1.82, 2.24) is 5.32 Å². The monoisotopic (exact) mass is 230 g/mol. The van der Waals surface area contributed by atoms with Crippen LogP contribution >= 0.6 is 0 Å². The minimum Gasteiger partial charge on any atom is -0.376 e. The van der Waals surface area contributed by atoms with Gasteiger partial charge in [0.2, 0.25) is 0 Å². The Morgan fingerprint density at radius 1 is 1.47 bits per heavy atom. The molecule has 4 nitrogen and oxygen atoms in total. The van der Waals surface area contributed by atoms with Gasteiger partial charge in [0.25, 0.3) is 5.91 Å². The second kappa shape index (κ2) is 5.46. The Balaban J connectivity index is 1.88. The molecule has 0 saturated carbocycles. The summed E-state index contributed by atoms with van der Waals surface area (Å²) in [5.41, 5.74) is 1.13. The van der Waals surface area contributed by atoms with Crippen LogP contribution in [0.1, 0.15) is 28.8 Å². The standard InChI is InChI=1S/C13H14N2O2/c14-8-10-3-5-11(6-4-10)13(16)15-9-12-2-1-7-17-12/h3-6,12H,1-2,7,9H2,(H,15,16)/t12-/m1/s1. The Bertz CT molecular complexity index is 428. The van der Waals surface area contributed by atoms with Gasteiger partial charge in [0.15, 0.2) is 0 Å². The molecule has 0 bridgehead atoms. The molecular weight excluding hydrogens is 216 g/mol. The molecule has 2 rings (SSSR count). The molecule has 1 aromatic carbocycles. The number of carbonyl (C=O) groups is 1. The Morgan fingerprint density at radius 2 is 2.24 bits per heavy atom. The molecule has 0 spiro atoms. The van der Waals surface area contributed by atoms with Crippen LogP contribution in [0.3, 0.4) is 0 Å². The lowest BCUT2D eigenvalue weighted by molar-refractivity contribution is 0.0858. The van der Waals surface area contributed by atoms with E-state index in [1.807, 2.05) is 6.07 Å². The van der Waals surface area contributed by atoms with Crippen LogP contribution in [0, 0.1) is 11.3 Å². The molecule has 0 aromatic heterocycles. The van der Waals surface area contributed by atoms with E-state index in [0.29, 0.717) is 17.7 Å². The molecule has 88 valence electrons. The highest BCUT2D eigenvalue weighted by molar-refractivity contribution is 5.94. The van der Waals surface area contributed by atoms with Crippen molar-refractivity contribution >= 4 is 5.91 Å². The van der Waals surface area contributed by atoms with Crippen LogP contribution in [0.25, 0.3) is 0 Å². The van der Waals surface area contributed by atoms with Gasteiger partial charge < -0.3 is 10.1 Å². The van der Waals surface area contributed by atoms with Gasteiger partial charge in [-0.05, 0) is 37.1 Å². The van der Waals surface area contributed by atoms with E-state index < -0.39 is 0 Å². The van der Waals surface area contributed by atoms with Crippen LogP contribution in [0.15, 0.2) is 24.3 Å². The fraction of sp³-hybridized carbons (Fsp3) is 0.385. The van der Waals surface area contributed by atoms with Gasteiger partial charge in [0, 0.05) is 18.7 Å². The third kappa shape index (κ3) is 3.05. The number of nitrogens with one attached hydrogen (secondary N) is 1. The van der Waals surface area contributed by atoms with Crippen LogP contribution < -0.4 is 5.32 Å². The molecule has 1 aliphatic heterocycles. The van der Waals surface area contributed by atoms with Crippen molar-refractivity contribution in [2.24, 2.45) is 0 Å². The molecule has 1 saturated heterocycles. The predicted molar refractivity (Wildman–Crippen MR) is 62.5 cm³/mol. The van der Waals surface area contributed by atoms with Crippen molar-refractivity contribution in [3.05, 3.63) is 35.4 Å². The third-order valence-electron chi connectivity index (χ3n) is 2.79. The number of amides is 1. The zero-order chi connectivity index (χ0) is 12.1. The van der Waals surface area contributed by atoms with Gasteiger partial charge in [-0.3, -0.25) is 4.79 Å². The normalized spacial score (nSPS) is 18.6. The number of ether oxygens (including phenoxy) is 1. The highest BCUT2D eigenvalue weighted by Gasteiger charge is 2.16. The maximum atomic E-state index is 11.8. The number of hydrogen-bond acceptors (Lipinski definition) is 3. The van der Waals surface area contributed by atoms with Crippen molar-refractivity contribution in [2.75, 3.05) is 13.2 Å². The van der Waals surface area contributed by atoms with Gasteiger partial charge in [-0.2, -0.15) is 5.26 Å². The fourth-order valence-corrected chi connectivity index (χ4v) is 1.81. The van der Waals surface area contributed by atoms with Gasteiger partial charge in [-0.1, -0.05) is 0 Å². The zero-order valence-electron chi connectivity index (χ0n) is 9.48. The van der Waals surface area contributed by atoms with Crippen molar-refractivity contribution < 1.29 is 9.53 Å². The number of hydrogen-bond donors (Lipinski definition) is 1. The first-order valence-corrected chi connectivity index (χ1v) is 5.69. The second-order valence-electron chi connectivity index (χ2n) is 4.03. The molecule has 1 atom stereocenters. The van der Waals surface area contributed by atoms with Gasteiger partial charge in [0.05, 0.1) is 17.7 Å². The van der Waals surface area contributed by atoms with E-state index in [9.17, 15) is 4.79 Å². The summed E-state index contributed by atoms with van der Waals surface area (Å²) in [4.78, 5) is 11.8. The minimum atomic E-state index is -0.120. The summed E-state index contributed by atoms with van der Waals surface area (Å²) in [6.45, 7) is 1.34. The molecule has 1 aliphatic rings. The number of benzene rings is 1. The predicted octanol–water partition coefficient (Wildman–Crippen LogP) is 1.47. The number of carbonyl (C=O) groups excluding carboxylic acids is 1. The van der Waals surface area contributed by atoms with Crippen LogP contribution in [-0.2, 0) is 4.74 Å². The van der Waals surface area contributed by atoms with E-state index in [0.717, 1.165) is 19.4 Å². The van der Waals surface area contributed by atoms with E-state index in [1.165, 1.54) is 0 Å².